The molecule has 0 bridgehead atoms. The van der Waals surface area contributed by atoms with Gasteiger partial charge in [-0.05, 0) is 66.2 Å². The number of nitrogens with zero attached hydrogens (tertiary/aromatic N) is 5. The molecule has 0 N–H and O–H groups in total. The summed E-state index contributed by atoms with van der Waals surface area (Å²) in [5.41, 5.74) is 14.1. The Balaban J connectivity index is 1.06. The summed E-state index contributed by atoms with van der Waals surface area (Å²) in [6.07, 6.45) is 0. The lowest BCUT2D eigenvalue weighted by Gasteiger charge is -2.13. The van der Waals surface area contributed by atoms with Gasteiger partial charge in [0.05, 0.1) is 27.8 Å². The first kappa shape index (κ1) is 38.5. The molecule has 10 aromatic carbocycles. The van der Waals surface area contributed by atoms with Crippen molar-refractivity contribution in [3.8, 4) is 56.7 Å². The lowest BCUT2D eigenvalue weighted by molar-refractivity contribution is 0.667. The van der Waals surface area contributed by atoms with Crippen LogP contribution in [0.3, 0.4) is 0 Å². The number of rotatable bonds is 6. The molecule has 5 heterocycles. The van der Waals surface area contributed by atoms with E-state index in [2.05, 4.69) is 161 Å². The molecular weight excluding hydrogens is 859 g/mol. The Morgan fingerprint density at radius 3 is 1.54 bits per heavy atom. The van der Waals surface area contributed by atoms with E-state index < -0.39 is 0 Å². The third-order valence-corrected chi connectivity index (χ3v) is 14.0. The SMILES string of the molecule is c1ccc(-c2nc(-c3ccccc3)nc(-c3ccc4c(oc5c(-n6c7ccccc7c7ccc8c9ccccc9n(-c9ccccc9)c8c76)cccc54)c3-c3ccc4oc5ccccc5c4c3)n2)cc1. The van der Waals surface area contributed by atoms with Crippen LogP contribution < -0.4 is 0 Å². The summed E-state index contributed by atoms with van der Waals surface area (Å²) in [5, 5.41) is 8.76. The van der Waals surface area contributed by atoms with Crippen LogP contribution in [0.4, 0.5) is 0 Å². The van der Waals surface area contributed by atoms with E-state index in [1.807, 2.05) is 72.8 Å². The molecule has 0 atom stereocenters. The molecule has 0 saturated heterocycles. The van der Waals surface area contributed by atoms with E-state index in [0.717, 1.165) is 111 Å². The zero-order valence-corrected chi connectivity index (χ0v) is 37.4. The minimum absolute atomic E-state index is 0.543. The van der Waals surface area contributed by atoms with Gasteiger partial charge in [-0.15, -0.1) is 0 Å². The number of benzene rings is 10. The zero-order chi connectivity index (χ0) is 45.9. The third-order valence-electron chi connectivity index (χ3n) is 14.0. The van der Waals surface area contributed by atoms with Gasteiger partial charge in [-0.2, -0.15) is 0 Å². The summed E-state index contributed by atoms with van der Waals surface area (Å²) in [6, 6.07) is 78.4. The van der Waals surface area contributed by atoms with E-state index in [1.54, 1.807) is 0 Å². The zero-order valence-electron chi connectivity index (χ0n) is 37.4. The summed E-state index contributed by atoms with van der Waals surface area (Å²) >= 11 is 0. The highest BCUT2D eigenvalue weighted by Gasteiger charge is 2.26. The molecule has 0 aliphatic heterocycles. The monoisotopic (exact) mass is 895 g/mol. The van der Waals surface area contributed by atoms with Crippen LogP contribution in [-0.4, -0.2) is 24.1 Å². The van der Waals surface area contributed by atoms with Gasteiger partial charge in [-0.3, -0.25) is 0 Å². The van der Waals surface area contributed by atoms with Crippen LogP contribution in [0.25, 0.3) is 144 Å². The predicted molar refractivity (Wildman–Crippen MR) is 285 cm³/mol. The molecule has 0 spiro atoms. The molecule has 70 heavy (non-hydrogen) atoms. The van der Waals surface area contributed by atoms with Crippen molar-refractivity contribution < 1.29 is 8.83 Å². The van der Waals surface area contributed by atoms with Gasteiger partial charge in [0.2, 0.25) is 0 Å². The number of aromatic nitrogens is 5. The summed E-state index contributed by atoms with van der Waals surface area (Å²) in [4.78, 5) is 15.6. The minimum atomic E-state index is 0.543. The first-order valence-corrected chi connectivity index (χ1v) is 23.5. The highest BCUT2D eigenvalue weighted by Crippen LogP contribution is 2.47. The topological polar surface area (TPSA) is 74.8 Å². The number of fused-ring (bicyclic) bond motifs is 13. The van der Waals surface area contributed by atoms with Crippen molar-refractivity contribution in [1.82, 2.24) is 24.1 Å². The van der Waals surface area contributed by atoms with Crippen molar-refractivity contribution in [1.29, 1.82) is 0 Å². The average molecular weight is 896 g/mol. The van der Waals surface area contributed by atoms with E-state index in [0.29, 0.717) is 17.5 Å². The van der Waals surface area contributed by atoms with Crippen molar-refractivity contribution in [2.24, 2.45) is 0 Å². The quantitative estimate of drug-likeness (QED) is 0.166. The second kappa shape index (κ2) is 15.0. The molecule has 0 unspecified atom stereocenters. The Kier molecular flexibility index (Phi) is 8.23. The molecule has 326 valence electrons. The maximum absolute atomic E-state index is 7.53. The van der Waals surface area contributed by atoms with E-state index in [1.165, 1.54) is 16.2 Å². The maximum atomic E-state index is 7.53. The van der Waals surface area contributed by atoms with E-state index in [9.17, 15) is 0 Å². The van der Waals surface area contributed by atoms with Crippen molar-refractivity contribution >= 4 is 87.5 Å². The first-order valence-electron chi connectivity index (χ1n) is 23.5. The Morgan fingerprint density at radius 2 is 0.843 bits per heavy atom. The van der Waals surface area contributed by atoms with E-state index in [4.69, 9.17) is 23.8 Å². The number of furan rings is 2. The summed E-state index contributed by atoms with van der Waals surface area (Å²) in [7, 11) is 0. The number of para-hydroxylation sites is 5. The number of hydrogen-bond donors (Lipinski definition) is 0. The van der Waals surface area contributed by atoms with Crippen LogP contribution in [0.2, 0.25) is 0 Å². The summed E-state index contributed by atoms with van der Waals surface area (Å²) in [6.45, 7) is 0. The smallest absolute Gasteiger partial charge is 0.164 e. The van der Waals surface area contributed by atoms with Gasteiger partial charge < -0.3 is 18.0 Å². The van der Waals surface area contributed by atoms with Gasteiger partial charge in [0.15, 0.2) is 23.1 Å². The summed E-state index contributed by atoms with van der Waals surface area (Å²) in [5.74, 6) is 1.72. The molecule has 0 saturated carbocycles. The van der Waals surface area contributed by atoms with E-state index in [-0.39, 0.29) is 0 Å². The molecule has 15 rings (SSSR count). The molecule has 7 nitrogen and oxygen atoms in total. The van der Waals surface area contributed by atoms with Crippen LogP contribution >= 0.6 is 0 Å². The molecule has 5 aromatic heterocycles. The molecule has 0 amide bonds. The van der Waals surface area contributed by atoms with Crippen LogP contribution in [0.5, 0.6) is 0 Å². The van der Waals surface area contributed by atoms with E-state index >= 15 is 0 Å². The van der Waals surface area contributed by atoms with Gasteiger partial charge in [0, 0.05) is 71.0 Å². The lowest BCUT2D eigenvalue weighted by atomic mass is 9.95. The van der Waals surface area contributed by atoms with Crippen LogP contribution in [0.15, 0.2) is 233 Å². The molecule has 15 aromatic rings. The molecule has 0 fully saturated rings. The second-order valence-corrected chi connectivity index (χ2v) is 17.9. The largest absolute Gasteiger partial charge is 0.456 e. The first-order chi connectivity index (χ1) is 34.7. The average Bonchev–Trinajstić information content (AvgIpc) is 4.19. The number of hydrogen-bond acceptors (Lipinski definition) is 5. The minimum Gasteiger partial charge on any atom is -0.456 e. The Morgan fingerprint density at radius 1 is 0.314 bits per heavy atom. The highest BCUT2D eigenvalue weighted by molar-refractivity contribution is 6.25. The normalized spacial score (nSPS) is 12.0. The van der Waals surface area contributed by atoms with Crippen LogP contribution in [0, 0.1) is 0 Å². The molecule has 0 radical (unpaired) electrons. The third kappa shape index (κ3) is 5.66. The molecule has 7 heteroatoms. The molecule has 0 aliphatic rings. The van der Waals surface area contributed by atoms with Crippen LogP contribution in [-0.2, 0) is 0 Å². The summed E-state index contributed by atoms with van der Waals surface area (Å²) < 4.78 is 18.7. The van der Waals surface area contributed by atoms with Gasteiger partial charge in [-0.1, -0.05) is 164 Å². The molecule has 0 aliphatic carbocycles. The lowest BCUT2D eigenvalue weighted by Crippen LogP contribution is -2.01. The Bertz CT molecular complexity index is 4530. The van der Waals surface area contributed by atoms with Crippen LogP contribution in [0.1, 0.15) is 0 Å². The van der Waals surface area contributed by atoms with Gasteiger partial charge in [-0.25, -0.2) is 15.0 Å². The fourth-order valence-electron chi connectivity index (χ4n) is 10.9. The molecular formula is C63H37N5O2. The predicted octanol–water partition coefficient (Wildman–Crippen LogP) is 16.5. The fourth-order valence-corrected chi connectivity index (χ4v) is 10.9. The van der Waals surface area contributed by atoms with Gasteiger partial charge >= 0.3 is 0 Å². The van der Waals surface area contributed by atoms with Crippen molar-refractivity contribution in [2.45, 2.75) is 0 Å². The Labute approximate surface area is 399 Å². The standard InChI is InChI=1S/C63H37N5O2/c1-4-17-38(18-5-1)61-64-62(39-19-6-2-7-20-39)66-63(65-61)49-35-34-48-47-26-16-29-53(59(47)70-60(48)56(49)40-31-36-55-50(37-40)44-25-12-15-30-54(44)69-55)68-52-28-14-11-24-43(52)46-33-32-45-42-23-10-13-27-51(42)67(57(45)58(46)68)41-21-8-3-9-22-41/h1-37H. The Hall–Kier alpha value is -9.59. The van der Waals surface area contributed by atoms with Gasteiger partial charge in [0.25, 0.3) is 0 Å². The maximum Gasteiger partial charge on any atom is 0.164 e. The second-order valence-electron chi connectivity index (χ2n) is 17.9. The van der Waals surface area contributed by atoms with Crippen molar-refractivity contribution in [3.05, 3.63) is 224 Å². The van der Waals surface area contributed by atoms with Crippen molar-refractivity contribution in [2.75, 3.05) is 0 Å². The highest BCUT2D eigenvalue weighted by atomic mass is 16.3. The fraction of sp³-hybridized carbons (Fsp3) is 0. The van der Waals surface area contributed by atoms with Gasteiger partial charge in [0.1, 0.15) is 16.7 Å². The van der Waals surface area contributed by atoms with Crippen molar-refractivity contribution in [3.63, 3.8) is 0 Å².